The summed E-state index contributed by atoms with van der Waals surface area (Å²) in [6.07, 6.45) is 1.11. The average molecular weight is 205 g/mol. The van der Waals surface area contributed by atoms with Gasteiger partial charge in [0.1, 0.15) is 6.10 Å². The Bertz CT molecular complexity index is 411. The lowest BCUT2D eigenvalue weighted by molar-refractivity contribution is 0.215. The quantitative estimate of drug-likeness (QED) is 0.817. The van der Waals surface area contributed by atoms with Crippen LogP contribution in [0.1, 0.15) is 22.9 Å². The van der Waals surface area contributed by atoms with Crippen molar-refractivity contribution < 1.29 is 5.11 Å². The highest BCUT2D eigenvalue weighted by atomic mass is 32.1. The molecule has 0 spiro atoms. The molecule has 2 aromatic heterocycles. The molecule has 14 heavy (non-hydrogen) atoms. The molecular weight excluding hydrogens is 194 g/mol. The largest absolute Gasteiger partial charge is 0.382 e. The van der Waals surface area contributed by atoms with Crippen LogP contribution in [-0.4, -0.2) is 10.1 Å². The number of hydrogen-bond acceptors (Lipinski definition) is 3. The Kier molecular flexibility index (Phi) is 2.61. The Morgan fingerprint density at radius 1 is 1.43 bits per heavy atom. The minimum atomic E-state index is -0.595. The summed E-state index contributed by atoms with van der Waals surface area (Å²) < 4.78 is 0. The van der Waals surface area contributed by atoms with E-state index in [1.807, 2.05) is 35.9 Å². The first-order valence-corrected chi connectivity index (χ1v) is 5.35. The van der Waals surface area contributed by atoms with Crippen molar-refractivity contribution >= 4 is 11.3 Å². The van der Waals surface area contributed by atoms with Crippen LogP contribution in [0, 0.1) is 6.92 Å². The molecule has 2 aromatic rings. The van der Waals surface area contributed by atoms with E-state index < -0.39 is 6.10 Å². The van der Waals surface area contributed by atoms with Crippen LogP contribution in [0.3, 0.4) is 0 Å². The SMILES string of the molecule is Cc1cccnc1C(O)c1ccsc1. The molecule has 2 rings (SSSR count). The molecule has 1 N–H and O–H groups in total. The fraction of sp³-hybridized carbons (Fsp3) is 0.182. The summed E-state index contributed by atoms with van der Waals surface area (Å²) in [4.78, 5) is 4.19. The number of aliphatic hydroxyl groups excluding tert-OH is 1. The van der Waals surface area contributed by atoms with Crippen LogP contribution in [0.2, 0.25) is 0 Å². The van der Waals surface area contributed by atoms with E-state index in [1.54, 1.807) is 17.5 Å². The monoisotopic (exact) mass is 205 g/mol. The summed E-state index contributed by atoms with van der Waals surface area (Å²) in [5, 5.41) is 13.9. The Balaban J connectivity index is 2.37. The van der Waals surface area contributed by atoms with Crippen molar-refractivity contribution in [3.8, 4) is 0 Å². The summed E-state index contributed by atoms with van der Waals surface area (Å²) in [7, 11) is 0. The molecular formula is C11H11NOS. The van der Waals surface area contributed by atoms with E-state index in [2.05, 4.69) is 4.98 Å². The van der Waals surface area contributed by atoms with E-state index in [4.69, 9.17) is 0 Å². The highest BCUT2D eigenvalue weighted by molar-refractivity contribution is 7.07. The van der Waals surface area contributed by atoms with Crippen LogP contribution in [0.25, 0.3) is 0 Å². The van der Waals surface area contributed by atoms with E-state index in [9.17, 15) is 5.11 Å². The van der Waals surface area contributed by atoms with Gasteiger partial charge < -0.3 is 5.11 Å². The van der Waals surface area contributed by atoms with Crippen molar-refractivity contribution in [1.29, 1.82) is 0 Å². The number of nitrogens with zero attached hydrogens (tertiary/aromatic N) is 1. The Hall–Kier alpha value is -1.19. The van der Waals surface area contributed by atoms with Gasteiger partial charge in [-0.1, -0.05) is 6.07 Å². The van der Waals surface area contributed by atoms with E-state index in [1.165, 1.54) is 0 Å². The molecule has 0 aliphatic rings. The normalized spacial score (nSPS) is 12.7. The summed E-state index contributed by atoms with van der Waals surface area (Å²) in [5.41, 5.74) is 2.67. The number of hydrogen-bond donors (Lipinski definition) is 1. The number of pyridine rings is 1. The van der Waals surface area contributed by atoms with Crippen LogP contribution in [0.5, 0.6) is 0 Å². The number of aliphatic hydroxyl groups is 1. The van der Waals surface area contributed by atoms with Gasteiger partial charge in [0.25, 0.3) is 0 Å². The van der Waals surface area contributed by atoms with Gasteiger partial charge in [0, 0.05) is 6.20 Å². The maximum absolute atomic E-state index is 10.0. The lowest BCUT2D eigenvalue weighted by atomic mass is 10.1. The predicted molar refractivity (Wildman–Crippen MR) is 57.4 cm³/mol. The second-order valence-corrected chi connectivity index (χ2v) is 3.94. The van der Waals surface area contributed by atoms with Crippen LogP contribution in [-0.2, 0) is 0 Å². The van der Waals surface area contributed by atoms with Crippen molar-refractivity contribution in [2.75, 3.05) is 0 Å². The van der Waals surface area contributed by atoms with Crippen LogP contribution >= 0.6 is 11.3 Å². The Morgan fingerprint density at radius 2 is 2.29 bits per heavy atom. The molecule has 0 amide bonds. The van der Waals surface area contributed by atoms with Gasteiger partial charge in [-0.25, -0.2) is 0 Å². The van der Waals surface area contributed by atoms with Crippen molar-refractivity contribution in [1.82, 2.24) is 4.98 Å². The highest BCUT2D eigenvalue weighted by Gasteiger charge is 2.13. The van der Waals surface area contributed by atoms with Crippen LogP contribution < -0.4 is 0 Å². The topological polar surface area (TPSA) is 33.1 Å². The molecule has 0 saturated carbocycles. The summed E-state index contributed by atoms with van der Waals surface area (Å²) in [5.74, 6) is 0. The van der Waals surface area contributed by atoms with E-state index in [0.717, 1.165) is 16.8 Å². The van der Waals surface area contributed by atoms with Gasteiger partial charge in [0.2, 0.25) is 0 Å². The molecule has 0 saturated heterocycles. The van der Waals surface area contributed by atoms with Crippen molar-refractivity contribution in [3.63, 3.8) is 0 Å². The summed E-state index contributed by atoms with van der Waals surface area (Å²) >= 11 is 1.58. The van der Waals surface area contributed by atoms with Gasteiger partial charge in [-0.15, -0.1) is 0 Å². The molecule has 0 aromatic carbocycles. The van der Waals surface area contributed by atoms with Crippen molar-refractivity contribution in [3.05, 3.63) is 52.0 Å². The lowest BCUT2D eigenvalue weighted by Gasteiger charge is -2.10. The van der Waals surface area contributed by atoms with E-state index >= 15 is 0 Å². The zero-order valence-electron chi connectivity index (χ0n) is 7.84. The van der Waals surface area contributed by atoms with Gasteiger partial charge in [0.05, 0.1) is 5.69 Å². The Morgan fingerprint density at radius 3 is 2.93 bits per heavy atom. The number of thiophene rings is 1. The number of aryl methyl sites for hydroxylation is 1. The van der Waals surface area contributed by atoms with Crippen molar-refractivity contribution in [2.45, 2.75) is 13.0 Å². The maximum atomic E-state index is 10.0. The van der Waals surface area contributed by atoms with Gasteiger partial charge in [-0.05, 0) is 40.9 Å². The highest BCUT2D eigenvalue weighted by Crippen LogP contribution is 2.24. The first-order chi connectivity index (χ1) is 6.79. The Labute approximate surface area is 86.9 Å². The zero-order chi connectivity index (χ0) is 9.97. The molecule has 2 nitrogen and oxygen atoms in total. The smallest absolute Gasteiger partial charge is 0.122 e. The molecule has 1 atom stereocenters. The molecule has 3 heteroatoms. The molecule has 2 heterocycles. The number of aromatic nitrogens is 1. The molecule has 0 radical (unpaired) electrons. The summed E-state index contributed by atoms with van der Waals surface area (Å²) in [6, 6.07) is 5.75. The first kappa shape index (κ1) is 9.37. The third-order valence-corrected chi connectivity index (χ3v) is 2.87. The predicted octanol–water partition coefficient (Wildman–Crippen LogP) is 2.53. The van der Waals surface area contributed by atoms with Crippen LogP contribution in [0.4, 0.5) is 0 Å². The maximum Gasteiger partial charge on any atom is 0.122 e. The zero-order valence-corrected chi connectivity index (χ0v) is 8.66. The molecule has 72 valence electrons. The second kappa shape index (κ2) is 3.90. The van der Waals surface area contributed by atoms with Gasteiger partial charge in [-0.3, -0.25) is 4.98 Å². The summed E-state index contributed by atoms with van der Waals surface area (Å²) in [6.45, 7) is 1.96. The van der Waals surface area contributed by atoms with E-state index in [-0.39, 0.29) is 0 Å². The fourth-order valence-electron chi connectivity index (χ4n) is 1.37. The van der Waals surface area contributed by atoms with E-state index in [0.29, 0.717) is 0 Å². The van der Waals surface area contributed by atoms with Gasteiger partial charge in [0.15, 0.2) is 0 Å². The van der Waals surface area contributed by atoms with Crippen LogP contribution in [0.15, 0.2) is 35.2 Å². The van der Waals surface area contributed by atoms with Gasteiger partial charge >= 0.3 is 0 Å². The van der Waals surface area contributed by atoms with Gasteiger partial charge in [-0.2, -0.15) is 11.3 Å². The van der Waals surface area contributed by atoms with Crippen molar-refractivity contribution in [2.24, 2.45) is 0 Å². The standard InChI is InChI=1S/C11H11NOS/c1-8-3-2-5-12-10(8)11(13)9-4-6-14-7-9/h2-7,11,13H,1H3. The first-order valence-electron chi connectivity index (χ1n) is 4.40. The lowest BCUT2D eigenvalue weighted by Crippen LogP contribution is -2.03. The molecule has 0 fully saturated rings. The minimum Gasteiger partial charge on any atom is -0.382 e. The molecule has 0 aliphatic carbocycles. The third kappa shape index (κ3) is 1.69. The molecule has 0 aliphatic heterocycles. The minimum absolute atomic E-state index is 0.595. The second-order valence-electron chi connectivity index (χ2n) is 3.16. The fourth-order valence-corrected chi connectivity index (χ4v) is 2.05. The molecule has 0 bridgehead atoms. The third-order valence-electron chi connectivity index (χ3n) is 2.17. The molecule has 1 unspecified atom stereocenters. The number of rotatable bonds is 2. The average Bonchev–Trinajstić information content (AvgIpc) is 2.70.